The molecule has 21 heavy (non-hydrogen) atoms. The maximum atomic E-state index is 5.15. The second kappa shape index (κ2) is 5.54. The summed E-state index contributed by atoms with van der Waals surface area (Å²) in [4.78, 5) is 11.1. The number of methoxy groups -OCH3 is 1. The maximum Gasteiger partial charge on any atom is 0.213 e. The highest BCUT2D eigenvalue weighted by Crippen LogP contribution is 2.46. The van der Waals surface area contributed by atoms with Crippen LogP contribution in [0, 0.1) is 5.41 Å². The fraction of sp³-hybridized carbons (Fsp3) is 0.625. The van der Waals surface area contributed by atoms with E-state index in [1.54, 1.807) is 7.11 Å². The van der Waals surface area contributed by atoms with Crippen LogP contribution in [0.4, 0.5) is 0 Å². The van der Waals surface area contributed by atoms with Crippen molar-refractivity contribution >= 4 is 5.96 Å². The lowest BCUT2D eigenvalue weighted by molar-refractivity contribution is -0.0668. The SMILES string of the molecule is CN=C(NCc1cccc(OC)n1)N1CC(C)(C)C1(C)C. The van der Waals surface area contributed by atoms with E-state index in [0.29, 0.717) is 17.8 Å². The number of hydrogen-bond acceptors (Lipinski definition) is 3. The minimum atomic E-state index is 0.0939. The Balaban J connectivity index is 2.01. The largest absolute Gasteiger partial charge is 0.481 e. The van der Waals surface area contributed by atoms with Crippen LogP contribution in [0.15, 0.2) is 23.2 Å². The number of aliphatic imine (C=N–C) groups is 1. The molecule has 0 aliphatic carbocycles. The highest BCUT2D eigenvalue weighted by molar-refractivity contribution is 5.81. The number of aromatic nitrogens is 1. The number of nitrogens with one attached hydrogen (secondary N) is 1. The molecule has 5 heteroatoms. The summed E-state index contributed by atoms with van der Waals surface area (Å²) in [6, 6.07) is 5.77. The van der Waals surface area contributed by atoms with Crippen LogP contribution in [0.3, 0.4) is 0 Å². The van der Waals surface area contributed by atoms with Crippen LogP contribution in [-0.2, 0) is 6.54 Å². The Morgan fingerprint density at radius 1 is 1.38 bits per heavy atom. The molecule has 1 aromatic rings. The van der Waals surface area contributed by atoms with Gasteiger partial charge in [0, 0.05) is 30.6 Å². The van der Waals surface area contributed by atoms with Gasteiger partial charge in [0.05, 0.1) is 19.3 Å². The molecule has 0 saturated carbocycles. The number of hydrogen-bond donors (Lipinski definition) is 1. The summed E-state index contributed by atoms with van der Waals surface area (Å²) in [5.41, 5.74) is 1.32. The summed E-state index contributed by atoms with van der Waals surface area (Å²) in [5.74, 6) is 1.55. The molecule has 2 rings (SSSR count). The van der Waals surface area contributed by atoms with Crippen LogP contribution in [0.1, 0.15) is 33.4 Å². The standard InChI is InChI=1S/C16H26N4O/c1-15(2)11-20(16(15,3)4)14(17-5)18-10-12-8-7-9-13(19-12)21-6/h7-9H,10-11H2,1-6H3,(H,17,18). The highest BCUT2D eigenvalue weighted by Gasteiger charge is 2.53. The van der Waals surface area contributed by atoms with Crippen molar-refractivity contribution in [2.45, 2.75) is 39.8 Å². The van der Waals surface area contributed by atoms with E-state index in [0.717, 1.165) is 18.2 Å². The van der Waals surface area contributed by atoms with Crippen molar-refractivity contribution in [2.75, 3.05) is 20.7 Å². The van der Waals surface area contributed by atoms with E-state index in [-0.39, 0.29) is 5.54 Å². The Morgan fingerprint density at radius 2 is 2.10 bits per heavy atom. The van der Waals surface area contributed by atoms with E-state index in [1.165, 1.54) is 0 Å². The highest BCUT2D eigenvalue weighted by atomic mass is 16.5. The van der Waals surface area contributed by atoms with Gasteiger partial charge in [-0.15, -0.1) is 0 Å². The van der Waals surface area contributed by atoms with Crippen LogP contribution < -0.4 is 10.1 Å². The van der Waals surface area contributed by atoms with E-state index in [2.05, 4.69) is 47.9 Å². The molecule has 1 aromatic heterocycles. The average Bonchev–Trinajstić information content (AvgIpc) is 2.47. The molecule has 0 amide bonds. The zero-order valence-corrected chi connectivity index (χ0v) is 13.9. The number of ether oxygens (including phenoxy) is 1. The molecule has 116 valence electrons. The van der Waals surface area contributed by atoms with Crippen molar-refractivity contribution in [1.29, 1.82) is 0 Å². The van der Waals surface area contributed by atoms with Crippen molar-refractivity contribution in [3.63, 3.8) is 0 Å². The predicted molar refractivity (Wildman–Crippen MR) is 85.6 cm³/mol. The van der Waals surface area contributed by atoms with E-state index in [4.69, 9.17) is 4.74 Å². The Morgan fingerprint density at radius 3 is 2.62 bits per heavy atom. The molecule has 0 bridgehead atoms. The maximum absolute atomic E-state index is 5.15. The molecule has 1 aliphatic heterocycles. The van der Waals surface area contributed by atoms with Crippen LogP contribution in [0.2, 0.25) is 0 Å². The average molecular weight is 290 g/mol. The monoisotopic (exact) mass is 290 g/mol. The van der Waals surface area contributed by atoms with Crippen molar-refractivity contribution in [2.24, 2.45) is 10.4 Å². The molecule has 1 saturated heterocycles. The minimum absolute atomic E-state index is 0.0939. The Labute approximate surface area is 127 Å². The molecule has 1 N–H and O–H groups in total. The molecule has 0 aromatic carbocycles. The topological polar surface area (TPSA) is 49.8 Å². The van der Waals surface area contributed by atoms with Crippen LogP contribution in [0.5, 0.6) is 5.88 Å². The summed E-state index contributed by atoms with van der Waals surface area (Å²) in [6.07, 6.45) is 0. The normalized spacial score (nSPS) is 19.9. The van der Waals surface area contributed by atoms with Crippen LogP contribution in [-0.4, -0.2) is 42.1 Å². The quantitative estimate of drug-likeness (QED) is 0.685. The third-order valence-corrected chi connectivity index (χ3v) is 4.77. The van der Waals surface area contributed by atoms with Gasteiger partial charge < -0.3 is 15.0 Å². The molecular weight excluding hydrogens is 264 g/mol. The van der Waals surface area contributed by atoms with Gasteiger partial charge in [-0.3, -0.25) is 4.99 Å². The summed E-state index contributed by atoms with van der Waals surface area (Å²) < 4.78 is 5.15. The summed E-state index contributed by atoms with van der Waals surface area (Å²) in [5, 5.41) is 3.39. The smallest absolute Gasteiger partial charge is 0.213 e. The number of nitrogens with zero attached hydrogens (tertiary/aromatic N) is 3. The van der Waals surface area contributed by atoms with Gasteiger partial charge in [-0.05, 0) is 19.9 Å². The molecule has 0 atom stereocenters. The second-order valence-electron chi connectivity index (χ2n) is 6.60. The zero-order chi connectivity index (χ0) is 15.7. The van der Waals surface area contributed by atoms with Crippen molar-refractivity contribution in [3.8, 4) is 5.88 Å². The molecule has 0 unspecified atom stereocenters. The van der Waals surface area contributed by atoms with E-state index in [9.17, 15) is 0 Å². The van der Waals surface area contributed by atoms with E-state index < -0.39 is 0 Å². The zero-order valence-electron chi connectivity index (χ0n) is 13.9. The van der Waals surface area contributed by atoms with Gasteiger partial charge in [-0.25, -0.2) is 4.98 Å². The third-order valence-electron chi connectivity index (χ3n) is 4.77. The fourth-order valence-electron chi connectivity index (χ4n) is 2.53. The van der Waals surface area contributed by atoms with Crippen LogP contribution >= 0.6 is 0 Å². The van der Waals surface area contributed by atoms with Crippen molar-refractivity contribution < 1.29 is 4.74 Å². The molecule has 1 aliphatic rings. The van der Waals surface area contributed by atoms with Gasteiger partial charge in [0.1, 0.15) is 0 Å². The lowest BCUT2D eigenvalue weighted by atomic mass is 9.65. The molecule has 2 heterocycles. The summed E-state index contributed by atoms with van der Waals surface area (Å²) in [6.45, 7) is 10.7. The van der Waals surface area contributed by atoms with Crippen molar-refractivity contribution in [3.05, 3.63) is 23.9 Å². The van der Waals surface area contributed by atoms with Crippen molar-refractivity contribution in [1.82, 2.24) is 15.2 Å². The number of likely N-dealkylation sites (tertiary alicyclic amines) is 1. The van der Waals surface area contributed by atoms with Gasteiger partial charge in [0.25, 0.3) is 0 Å². The molecule has 0 radical (unpaired) electrons. The minimum Gasteiger partial charge on any atom is -0.481 e. The first-order valence-electron chi connectivity index (χ1n) is 7.30. The number of pyridine rings is 1. The first kappa shape index (κ1) is 15.6. The predicted octanol–water partition coefficient (Wildman–Crippen LogP) is 2.29. The Kier molecular flexibility index (Phi) is 4.12. The Bertz CT molecular complexity index is 537. The number of guanidine groups is 1. The van der Waals surface area contributed by atoms with Crippen LogP contribution in [0.25, 0.3) is 0 Å². The third kappa shape index (κ3) is 2.82. The van der Waals surface area contributed by atoms with E-state index in [1.807, 2.05) is 25.2 Å². The van der Waals surface area contributed by atoms with Gasteiger partial charge in [-0.2, -0.15) is 0 Å². The lowest BCUT2D eigenvalue weighted by Crippen LogP contribution is -2.72. The first-order chi connectivity index (χ1) is 9.81. The Hall–Kier alpha value is -1.78. The summed E-state index contributed by atoms with van der Waals surface area (Å²) in [7, 11) is 3.45. The van der Waals surface area contributed by atoms with Gasteiger partial charge in [0.15, 0.2) is 5.96 Å². The molecular formula is C16H26N4O. The second-order valence-corrected chi connectivity index (χ2v) is 6.60. The molecule has 1 fully saturated rings. The first-order valence-corrected chi connectivity index (χ1v) is 7.30. The fourth-order valence-corrected chi connectivity index (χ4v) is 2.53. The van der Waals surface area contributed by atoms with Gasteiger partial charge in [0.2, 0.25) is 5.88 Å². The van der Waals surface area contributed by atoms with Gasteiger partial charge in [-0.1, -0.05) is 19.9 Å². The molecule has 0 spiro atoms. The number of rotatable bonds is 3. The lowest BCUT2D eigenvalue weighted by Gasteiger charge is -2.62. The van der Waals surface area contributed by atoms with E-state index >= 15 is 0 Å². The molecule has 5 nitrogen and oxygen atoms in total. The van der Waals surface area contributed by atoms with Gasteiger partial charge >= 0.3 is 0 Å². The summed E-state index contributed by atoms with van der Waals surface area (Å²) >= 11 is 0.